The lowest BCUT2D eigenvalue weighted by molar-refractivity contribution is 0.0376. The topological polar surface area (TPSA) is 85.1 Å². The highest BCUT2D eigenvalue weighted by Crippen LogP contribution is 2.33. The fraction of sp³-hybridized carbons (Fsp3) is 0.276. The summed E-state index contributed by atoms with van der Waals surface area (Å²) < 4.78 is 17.4. The van der Waals surface area contributed by atoms with Gasteiger partial charge in [-0.2, -0.15) is 0 Å². The fourth-order valence-corrected chi connectivity index (χ4v) is 5.88. The van der Waals surface area contributed by atoms with Gasteiger partial charge in [0.2, 0.25) is 0 Å². The molecule has 3 heterocycles. The highest BCUT2D eigenvalue weighted by Gasteiger charge is 2.25. The molecule has 0 N–H and O–H groups in total. The van der Waals surface area contributed by atoms with Gasteiger partial charge in [-0.3, -0.25) is 14.6 Å². The van der Waals surface area contributed by atoms with Gasteiger partial charge in [-0.25, -0.2) is 9.78 Å². The van der Waals surface area contributed by atoms with Crippen molar-refractivity contribution in [2.24, 2.45) is 0 Å². The zero-order chi connectivity index (χ0) is 26.1. The third-order valence-corrected chi connectivity index (χ3v) is 7.93. The van der Waals surface area contributed by atoms with Crippen molar-refractivity contribution in [3.63, 3.8) is 0 Å². The number of carbonyl (C=O) groups excluding carboxylic acids is 1. The number of nitrogens with zero attached hydrogens (tertiary/aromatic N) is 3. The smallest absolute Gasteiger partial charge is 0.349 e. The molecular formula is C29H27N3O5S. The molecule has 0 radical (unpaired) electrons. The molecule has 0 spiro atoms. The number of anilines is 1. The minimum Gasteiger partial charge on any atom is -0.497 e. The number of benzene rings is 3. The predicted molar refractivity (Wildman–Crippen MR) is 150 cm³/mol. The van der Waals surface area contributed by atoms with Gasteiger partial charge >= 0.3 is 5.63 Å². The summed E-state index contributed by atoms with van der Waals surface area (Å²) in [6.07, 6.45) is 0.729. The quantitative estimate of drug-likeness (QED) is 0.218. The first-order chi connectivity index (χ1) is 18.6. The van der Waals surface area contributed by atoms with Crippen LogP contribution in [-0.2, 0) is 4.74 Å². The number of rotatable bonds is 7. The first kappa shape index (κ1) is 24.5. The minimum absolute atomic E-state index is 0.00272. The van der Waals surface area contributed by atoms with Crippen molar-refractivity contribution in [1.82, 2.24) is 9.88 Å². The minimum atomic E-state index is -0.654. The molecule has 1 aliphatic rings. The summed E-state index contributed by atoms with van der Waals surface area (Å²) in [7, 11) is 1.62. The monoisotopic (exact) mass is 529 g/mol. The van der Waals surface area contributed by atoms with Gasteiger partial charge in [-0.1, -0.05) is 41.7 Å². The highest BCUT2D eigenvalue weighted by atomic mass is 32.1. The van der Waals surface area contributed by atoms with Crippen LogP contribution in [0.1, 0.15) is 16.8 Å². The van der Waals surface area contributed by atoms with Crippen LogP contribution in [0.2, 0.25) is 0 Å². The molecule has 1 fully saturated rings. The van der Waals surface area contributed by atoms with Crippen LogP contribution in [0.15, 0.2) is 69.9 Å². The average Bonchev–Trinajstić information content (AvgIpc) is 3.38. The van der Waals surface area contributed by atoms with Crippen LogP contribution in [0.3, 0.4) is 0 Å². The molecule has 0 unspecified atom stereocenters. The largest absolute Gasteiger partial charge is 0.497 e. The van der Waals surface area contributed by atoms with Crippen LogP contribution in [0, 0.1) is 0 Å². The van der Waals surface area contributed by atoms with Crippen molar-refractivity contribution in [2.75, 3.05) is 51.4 Å². The van der Waals surface area contributed by atoms with Gasteiger partial charge in [0.25, 0.3) is 5.91 Å². The van der Waals surface area contributed by atoms with Gasteiger partial charge in [-0.15, -0.1) is 0 Å². The number of ether oxygens (including phenoxy) is 2. The molecule has 5 aromatic rings. The maximum atomic E-state index is 14.0. The molecule has 9 heteroatoms. The summed E-state index contributed by atoms with van der Waals surface area (Å²) in [6.45, 7) is 4.41. The summed E-state index contributed by atoms with van der Waals surface area (Å²) in [5.41, 5.74) is 0.570. The molecule has 1 saturated heterocycles. The van der Waals surface area contributed by atoms with E-state index < -0.39 is 11.5 Å². The Kier molecular flexibility index (Phi) is 6.80. The number of hydrogen-bond acceptors (Lipinski definition) is 8. The molecule has 6 rings (SSSR count). The van der Waals surface area contributed by atoms with Gasteiger partial charge in [-0.05, 0) is 47.5 Å². The summed E-state index contributed by atoms with van der Waals surface area (Å²) >= 11 is 1.40. The van der Waals surface area contributed by atoms with E-state index in [0.717, 1.165) is 58.2 Å². The molecule has 1 aliphatic heterocycles. The zero-order valence-electron chi connectivity index (χ0n) is 21.0. The van der Waals surface area contributed by atoms with Crippen LogP contribution in [-0.4, -0.2) is 62.3 Å². The molecule has 8 nitrogen and oxygen atoms in total. The molecule has 194 valence electrons. The lowest BCUT2D eigenvalue weighted by atomic mass is 10.0. The third kappa shape index (κ3) is 4.76. The van der Waals surface area contributed by atoms with E-state index in [2.05, 4.69) is 4.90 Å². The summed E-state index contributed by atoms with van der Waals surface area (Å²) in [4.78, 5) is 35.7. The maximum absolute atomic E-state index is 14.0. The van der Waals surface area contributed by atoms with E-state index in [4.69, 9.17) is 18.9 Å². The number of methoxy groups -OCH3 is 1. The molecule has 38 heavy (non-hydrogen) atoms. The highest BCUT2D eigenvalue weighted by molar-refractivity contribution is 7.22. The fourth-order valence-electron chi connectivity index (χ4n) is 4.86. The van der Waals surface area contributed by atoms with Gasteiger partial charge in [0.15, 0.2) is 5.13 Å². The molecule has 0 aliphatic carbocycles. The van der Waals surface area contributed by atoms with Crippen molar-refractivity contribution >= 4 is 54.3 Å². The SMILES string of the molecule is COc1ccc2nc(N(CCCN3CCOCC3)C(=O)c3cc4c(ccc5ccccc54)oc3=O)sc2c1. The second-order valence-corrected chi connectivity index (χ2v) is 10.2. The summed E-state index contributed by atoms with van der Waals surface area (Å²) in [5, 5.41) is 3.20. The Labute approximate surface area is 223 Å². The van der Waals surface area contributed by atoms with Gasteiger partial charge in [0.05, 0.1) is 30.5 Å². The van der Waals surface area contributed by atoms with Crippen molar-refractivity contribution in [2.45, 2.75) is 6.42 Å². The first-order valence-electron chi connectivity index (χ1n) is 12.6. The van der Waals surface area contributed by atoms with Gasteiger partial charge in [0.1, 0.15) is 16.9 Å². The van der Waals surface area contributed by atoms with Crippen LogP contribution in [0.4, 0.5) is 5.13 Å². The normalized spacial score (nSPS) is 14.3. The molecule has 0 atom stereocenters. The molecule has 2 aromatic heterocycles. The number of aromatic nitrogens is 1. The van der Waals surface area contributed by atoms with E-state index in [1.165, 1.54) is 11.3 Å². The lowest BCUT2D eigenvalue weighted by Crippen LogP contribution is -2.40. The number of hydrogen-bond donors (Lipinski definition) is 0. The van der Waals surface area contributed by atoms with Crippen molar-refractivity contribution in [3.05, 3.63) is 76.6 Å². The third-order valence-electron chi connectivity index (χ3n) is 6.89. The van der Waals surface area contributed by atoms with E-state index in [-0.39, 0.29) is 5.56 Å². The number of fused-ring (bicyclic) bond motifs is 4. The molecule has 1 amide bonds. The number of thiazole rings is 1. The van der Waals surface area contributed by atoms with Gasteiger partial charge < -0.3 is 13.9 Å². The van der Waals surface area contributed by atoms with E-state index in [1.54, 1.807) is 24.1 Å². The standard InChI is InChI=1S/C29H27N3O5S/c1-35-20-8-9-24-26(17-20)38-29(30-24)32(12-4-11-31-13-15-36-16-14-31)27(33)23-18-22-21-6-3-2-5-19(21)7-10-25(22)37-28(23)34/h2-3,5-10,17-18H,4,11-16H2,1H3. The first-order valence-corrected chi connectivity index (χ1v) is 13.4. The van der Waals surface area contributed by atoms with Crippen LogP contribution in [0.25, 0.3) is 32.0 Å². The second kappa shape index (κ2) is 10.5. The molecular weight excluding hydrogens is 502 g/mol. The van der Waals surface area contributed by atoms with E-state index in [1.807, 2.05) is 48.5 Å². The van der Waals surface area contributed by atoms with Gasteiger partial charge in [0, 0.05) is 31.6 Å². The Hall–Kier alpha value is -3.79. The van der Waals surface area contributed by atoms with E-state index >= 15 is 0 Å². The number of amides is 1. The van der Waals surface area contributed by atoms with Crippen molar-refractivity contribution in [3.8, 4) is 5.75 Å². The Morgan fingerprint density at radius 3 is 2.76 bits per heavy atom. The zero-order valence-corrected chi connectivity index (χ0v) is 21.8. The van der Waals surface area contributed by atoms with Crippen LogP contribution < -0.4 is 15.3 Å². The van der Waals surface area contributed by atoms with Crippen LogP contribution >= 0.6 is 11.3 Å². The predicted octanol–water partition coefficient (Wildman–Crippen LogP) is 4.93. The molecule has 0 saturated carbocycles. The maximum Gasteiger partial charge on any atom is 0.349 e. The summed E-state index contributed by atoms with van der Waals surface area (Å²) in [5.74, 6) is 0.307. The van der Waals surface area contributed by atoms with Crippen molar-refractivity contribution < 1.29 is 18.7 Å². The Morgan fingerprint density at radius 1 is 1.08 bits per heavy atom. The lowest BCUT2D eigenvalue weighted by Gasteiger charge is -2.27. The van der Waals surface area contributed by atoms with E-state index in [9.17, 15) is 9.59 Å². The van der Waals surface area contributed by atoms with E-state index in [0.29, 0.717) is 30.5 Å². The molecule has 3 aromatic carbocycles. The molecule has 0 bridgehead atoms. The number of carbonyl (C=O) groups is 1. The second-order valence-electron chi connectivity index (χ2n) is 9.24. The Bertz CT molecular complexity index is 1690. The summed E-state index contributed by atoms with van der Waals surface area (Å²) in [6, 6.07) is 18.8. The average molecular weight is 530 g/mol. The van der Waals surface area contributed by atoms with Crippen LogP contribution in [0.5, 0.6) is 5.75 Å². The Morgan fingerprint density at radius 2 is 1.92 bits per heavy atom. The Balaban J connectivity index is 1.38. The van der Waals surface area contributed by atoms with Crippen molar-refractivity contribution in [1.29, 1.82) is 0 Å². The number of morpholine rings is 1.